The summed E-state index contributed by atoms with van der Waals surface area (Å²) in [5.41, 5.74) is 0.496. The summed E-state index contributed by atoms with van der Waals surface area (Å²) in [5.74, 6) is -0.210. The highest BCUT2D eigenvalue weighted by molar-refractivity contribution is 5.78. The van der Waals surface area contributed by atoms with Gasteiger partial charge in [0.05, 0.1) is 12.7 Å². The van der Waals surface area contributed by atoms with Gasteiger partial charge in [0.15, 0.2) is 11.6 Å². The molecule has 9 nitrogen and oxygen atoms in total. The molecule has 0 fully saturated rings. The highest BCUT2D eigenvalue weighted by Crippen LogP contribution is 2.31. The zero-order valence-corrected chi connectivity index (χ0v) is 16.1. The summed E-state index contributed by atoms with van der Waals surface area (Å²) in [7, 11) is 3.79. The summed E-state index contributed by atoms with van der Waals surface area (Å²) in [4.78, 5) is 14.3. The highest BCUT2D eigenvalue weighted by atomic mass is 19.1. The number of nitrogens with zero attached hydrogens (tertiary/aromatic N) is 7. The van der Waals surface area contributed by atoms with Gasteiger partial charge in [0.2, 0.25) is 11.9 Å². The van der Waals surface area contributed by atoms with Gasteiger partial charge in [0.1, 0.15) is 17.2 Å². The van der Waals surface area contributed by atoms with Crippen molar-refractivity contribution in [3.8, 4) is 22.5 Å². The van der Waals surface area contributed by atoms with Crippen molar-refractivity contribution in [1.82, 2.24) is 40.2 Å². The minimum atomic E-state index is -0.615. The molecule has 0 aliphatic carbocycles. The number of aromatic nitrogens is 7. The van der Waals surface area contributed by atoms with Gasteiger partial charge in [-0.05, 0) is 32.3 Å². The van der Waals surface area contributed by atoms with Gasteiger partial charge < -0.3 is 4.90 Å². The molecule has 0 unspecified atom stereocenters. The predicted molar refractivity (Wildman–Crippen MR) is 105 cm³/mol. The van der Waals surface area contributed by atoms with Gasteiger partial charge >= 0.3 is 0 Å². The molecule has 3 heterocycles. The summed E-state index contributed by atoms with van der Waals surface area (Å²) in [6.45, 7) is 0.540. The van der Waals surface area contributed by atoms with E-state index in [1.54, 1.807) is 12.1 Å². The number of hydrogen-bond acceptors (Lipinski definition) is 8. The topological polar surface area (TPSA) is 108 Å². The molecule has 0 amide bonds. The second-order valence-electron chi connectivity index (χ2n) is 6.63. The Morgan fingerprint density at radius 1 is 0.967 bits per heavy atom. The molecule has 0 aliphatic heterocycles. The minimum absolute atomic E-state index is 0.0546. The first kappa shape index (κ1) is 19.5. The number of halogens is 2. The first-order valence-corrected chi connectivity index (χ1v) is 8.94. The maximum atomic E-state index is 14.5. The molecule has 4 aromatic rings. The largest absolute Gasteiger partial charge is 0.302 e. The van der Waals surface area contributed by atoms with Crippen LogP contribution < -0.4 is 5.32 Å². The van der Waals surface area contributed by atoms with E-state index in [0.29, 0.717) is 18.3 Å². The van der Waals surface area contributed by atoms with Crippen LogP contribution in [0.25, 0.3) is 22.5 Å². The average molecular weight is 409 g/mol. The standard InChI is InChI=1S/C19H17F2N9/c1-30(2)10-15-23-18(28-26-15)25-19-24-16(11-5-3-4-6-13(11)20)17(27-29-19)12-7-8-22-9-14(12)21/h3-9H,10H2,1-2H3,(H2,23,24,25,26,28,29). The van der Waals surface area contributed by atoms with Gasteiger partial charge in [-0.3, -0.25) is 10.3 Å². The van der Waals surface area contributed by atoms with Crippen molar-refractivity contribution in [2.45, 2.75) is 6.54 Å². The van der Waals surface area contributed by atoms with E-state index in [1.807, 2.05) is 19.0 Å². The molecule has 11 heteroatoms. The molecule has 0 bridgehead atoms. The summed E-state index contributed by atoms with van der Waals surface area (Å²) >= 11 is 0. The fourth-order valence-electron chi connectivity index (χ4n) is 2.78. The second kappa shape index (κ2) is 8.25. The number of H-pyrrole nitrogens is 1. The summed E-state index contributed by atoms with van der Waals surface area (Å²) in [6, 6.07) is 7.48. The van der Waals surface area contributed by atoms with Gasteiger partial charge in [-0.2, -0.15) is 10.1 Å². The molecule has 1 aromatic carbocycles. The first-order chi connectivity index (χ1) is 14.5. The fraction of sp³-hybridized carbons (Fsp3) is 0.158. The third-order valence-electron chi connectivity index (χ3n) is 4.06. The lowest BCUT2D eigenvalue weighted by Crippen LogP contribution is -2.11. The van der Waals surface area contributed by atoms with Gasteiger partial charge in [-0.15, -0.1) is 10.2 Å². The normalized spacial score (nSPS) is 11.1. The zero-order chi connectivity index (χ0) is 21.1. The van der Waals surface area contributed by atoms with Crippen LogP contribution in [0.15, 0.2) is 42.7 Å². The Labute approximate surface area is 170 Å². The SMILES string of the molecule is CN(C)Cc1n[nH]c(Nc2nnc(-c3ccncc3F)c(-c3ccccc3F)n2)n1. The van der Waals surface area contributed by atoms with E-state index in [9.17, 15) is 8.78 Å². The van der Waals surface area contributed by atoms with Crippen LogP contribution in [-0.2, 0) is 6.54 Å². The highest BCUT2D eigenvalue weighted by Gasteiger charge is 2.19. The van der Waals surface area contributed by atoms with E-state index < -0.39 is 11.6 Å². The van der Waals surface area contributed by atoms with Crippen LogP contribution in [0, 0.1) is 11.6 Å². The number of nitrogens with one attached hydrogen (secondary N) is 2. The molecule has 0 saturated carbocycles. The number of aromatic amines is 1. The lowest BCUT2D eigenvalue weighted by molar-refractivity contribution is 0.391. The van der Waals surface area contributed by atoms with Crippen molar-refractivity contribution in [1.29, 1.82) is 0 Å². The lowest BCUT2D eigenvalue weighted by Gasteiger charge is -2.10. The predicted octanol–water partition coefficient (Wildman–Crippen LogP) is 2.80. The van der Waals surface area contributed by atoms with Crippen LogP contribution in [-0.4, -0.2) is 54.3 Å². The fourth-order valence-corrected chi connectivity index (χ4v) is 2.78. The van der Waals surface area contributed by atoms with Crippen LogP contribution in [0.1, 0.15) is 5.82 Å². The Balaban J connectivity index is 1.76. The number of benzene rings is 1. The smallest absolute Gasteiger partial charge is 0.250 e. The molecule has 0 spiro atoms. The van der Waals surface area contributed by atoms with Gasteiger partial charge in [0.25, 0.3) is 0 Å². The quantitative estimate of drug-likeness (QED) is 0.500. The Morgan fingerprint density at radius 2 is 1.77 bits per heavy atom. The van der Waals surface area contributed by atoms with E-state index in [4.69, 9.17) is 0 Å². The lowest BCUT2D eigenvalue weighted by atomic mass is 10.0. The van der Waals surface area contributed by atoms with Crippen LogP contribution in [0.3, 0.4) is 0 Å². The number of anilines is 2. The Bertz CT molecular complexity index is 1180. The Hall–Kier alpha value is -3.86. The molecule has 2 N–H and O–H groups in total. The summed E-state index contributed by atoms with van der Waals surface area (Å²) in [5, 5.41) is 17.8. The van der Waals surface area contributed by atoms with Crippen LogP contribution in [0.2, 0.25) is 0 Å². The maximum absolute atomic E-state index is 14.5. The minimum Gasteiger partial charge on any atom is -0.302 e. The first-order valence-electron chi connectivity index (χ1n) is 8.94. The summed E-state index contributed by atoms with van der Waals surface area (Å²) in [6.07, 6.45) is 2.47. The third kappa shape index (κ3) is 4.10. The molecule has 152 valence electrons. The Kier molecular flexibility index (Phi) is 5.35. The molecule has 0 saturated heterocycles. The van der Waals surface area contributed by atoms with Gasteiger partial charge in [0, 0.05) is 17.3 Å². The molecule has 3 aromatic heterocycles. The van der Waals surface area contributed by atoms with E-state index in [0.717, 1.165) is 6.20 Å². The summed E-state index contributed by atoms with van der Waals surface area (Å²) < 4.78 is 28.8. The van der Waals surface area contributed by atoms with Gasteiger partial charge in [-0.1, -0.05) is 12.1 Å². The van der Waals surface area contributed by atoms with Crippen LogP contribution in [0.4, 0.5) is 20.7 Å². The van der Waals surface area contributed by atoms with Crippen molar-refractivity contribution < 1.29 is 8.78 Å². The zero-order valence-electron chi connectivity index (χ0n) is 16.1. The monoisotopic (exact) mass is 409 g/mol. The van der Waals surface area contributed by atoms with Crippen molar-refractivity contribution in [2.75, 3.05) is 19.4 Å². The average Bonchev–Trinajstić information content (AvgIpc) is 3.15. The van der Waals surface area contributed by atoms with Crippen molar-refractivity contribution in [2.24, 2.45) is 0 Å². The van der Waals surface area contributed by atoms with E-state index in [2.05, 4.69) is 40.7 Å². The van der Waals surface area contributed by atoms with E-state index in [1.165, 1.54) is 24.4 Å². The number of pyridine rings is 1. The molecule has 0 aliphatic rings. The van der Waals surface area contributed by atoms with Gasteiger partial charge in [-0.25, -0.2) is 18.9 Å². The Morgan fingerprint density at radius 3 is 2.53 bits per heavy atom. The van der Waals surface area contributed by atoms with E-state index in [-0.39, 0.29) is 28.5 Å². The number of hydrogen-bond donors (Lipinski definition) is 2. The molecule has 4 rings (SSSR count). The third-order valence-corrected chi connectivity index (χ3v) is 4.06. The van der Waals surface area contributed by atoms with Crippen molar-refractivity contribution >= 4 is 11.9 Å². The molecular formula is C19H17F2N9. The molecule has 30 heavy (non-hydrogen) atoms. The molecule has 0 atom stereocenters. The molecular weight excluding hydrogens is 392 g/mol. The maximum Gasteiger partial charge on any atom is 0.250 e. The van der Waals surface area contributed by atoms with E-state index >= 15 is 0 Å². The van der Waals surface area contributed by atoms with Crippen molar-refractivity contribution in [3.05, 3.63) is 60.2 Å². The van der Waals surface area contributed by atoms with Crippen molar-refractivity contribution in [3.63, 3.8) is 0 Å². The van der Waals surface area contributed by atoms with Crippen LogP contribution in [0.5, 0.6) is 0 Å². The number of rotatable bonds is 6. The second-order valence-corrected chi connectivity index (χ2v) is 6.63. The van der Waals surface area contributed by atoms with Crippen LogP contribution >= 0.6 is 0 Å². The molecule has 0 radical (unpaired) electrons.